The largest absolute Gasteiger partial charge is 0.339 e. The number of amides is 1. The van der Waals surface area contributed by atoms with Crippen molar-refractivity contribution in [2.75, 3.05) is 10.6 Å². The first-order chi connectivity index (χ1) is 12.0. The Bertz CT molecular complexity index is 884. The maximum absolute atomic E-state index is 12.3. The van der Waals surface area contributed by atoms with Gasteiger partial charge in [0.25, 0.3) is 5.91 Å². The van der Waals surface area contributed by atoms with Crippen LogP contribution in [0.2, 0.25) is 0 Å². The predicted octanol–water partition coefficient (Wildman–Crippen LogP) is 4.40. The summed E-state index contributed by atoms with van der Waals surface area (Å²) < 4.78 is 0. The van der Waals surface area contributed by atoms with E-state index in [-0.39, 0.29) is 11.6 Å². The number of nitrogens with one attached hydrogen (secondary N) is 2. The molecule has 1 heterocycles. The quantitative estimate of drug-likeness (QED) is 0.743. The first-order valence-corrected chi connectivity index (χ1v) is 8.07. The third kappa shape index (κ3) is 4.41. The van der Waals surface area contributed by atoms with Crippen LogP contribution in [0.1, 0.15) is 27.2 Å². The Hall–Kier alpha value is -3.21. The minimum atomic E-state index is -0.278. The number of hydrogen-bond donors (Lipinski definition) is 2. The topological polar surface area (TPSA) is 66.9 Å². The molecule has 1 aromatic heterocycles. The molecule has 3 rings (SSSR count). The van der Waals surface area contributed by atoms with Gasteiger partial charge in [0.2, 0.25) is 0 Å². The van der Waals surface area contributed by atoms with Crippen molar-refractivity contribution < 1.29 is 4.79 Å². The summed E-state index contributed by atoms with van der Waals surface area (Å²) in [5, 5.41) is 14.1. The monoisotopic (exact) mass is 332 g/mol. The van der Waals surface area contributed by atoms with Gasteiger partial charge in [0, 0.05) is 11.4 Å². The molecule has 0 spiro atoms. The number of anilines is 3. The van der Waals surface area contributed by atoms with E-state index in [1.807, 2.05) is 57.2 Å². The molecule has 25 heavy (non-hydrogen) atoms. The van der Waals surface area contributed by atoms with Gasteiger partial charge < -0.3 is 10.6 Å². The van der Waals surface area contributed by atoms with E-state index in [1.54, 1.807) is 12.1 Å². The van der Waals surface area contributed by atoms with Crippen LogP contribution in [0.25, 0.3) is 0 Å². The fraction of sp³-hybridized carbons (Fsp3) is 0.150. The molecule has 5 heteroatoms. The summed E-state index contributed by atoms with van der Waals surface area (Å²) >= 11 is 0. The summed E-state index contributed by atoms with van der Waals surface area (Å²) in [5.74, 6) is 0.313. The van der Waals surface area contributed by atoms with E-state index in [1.165, 1.54) is 0 Å². The zero-order valence-corrected chi connectivity index (χ0v) is 14.5. The summed E-state index contributed by atoms with van der Waals surface area (Å²) in [4.78, 5) is 12.3. The molecular weight excluding hydrogens is 312 g/mol. The van der Waals surface area contributed by atoms with E-state index in [4.69, 9.17) is 0 Å². The van der Waals surface area contributed by atoms with Gasteiger partial charge in [-0.1, -0.05) is 18.2 Å². The zero-order chi connectivity index (χ0) is 17.8. The number of nitrogens with zero attached hydrogens (tertiary/aromatic N) is 2. The summed E-state index contributed by atoms with van der Waals surface area (Å²) in [6.07, 6.45) is 0. The Balaban J connectivity index is 1.70. The van der Waals surface area contributed by atoms with E-state index in [0.29, 0.717) is 5.82 Å². The molecule has 0 aliphatic heterocycles. The highest BCUT2D eigenvalue weighted by atomic mass is 16.1. The average Bonchev–Trinajstić information content (AvgIpc) is 2.54. The predicted molar refractivity (Wildman–Crippen MR) is 100 cm³/mol. The maximum atomic E-state index is 12.3. The van der Waals surface area contributed by atoms with Crippen LogP contribution < -0.4 is 10.6 Å². The normalized spacial score (nSPS) is 10.4. The molecule has 2 aromatic carbocycles. The molecule has 5 nitrogen and oxygen atoms in total. The Labute approximate surface area is 147 Å². The Kier molecular flexibility index (Phi) is 4.75. The molecule has 0 unspecified atom stereocenters. The lowest BCUT2D eigenvalue weighted by molar-refractivity contribution is 0.102. The molecule has 0 aliphatic rings. The molecule has 0 aliphatic carbocycles. The van der Waals surface area contributed by atoms with Crippen LogP contribution in [0.15, 0.2) is 54.6 Å². The number of benzene rings is 2. The van der Waals surface area contributed by atoms with Gasteiger partial charge in [-0.15, -0.1) is 10.2 Å². The Morgan fingerprint density at radius 3 is 2.16 bits per heavy atom. The van der Waals surface area contributed by atoms with Gasteiger partial charge >= 0.3 is 0 Å². The minimum Gasteiger partial charge on any atom is -0.339 e. The van der Waals surface area contributed by atoms with Crippen LogP contribution in [0.3, 0.4) is 0 Å². The summed E-state index contributed by atoms with van der Waals surface area (Å²) in [5.41, 5.74) is 5.31. The second kappa shape index (κ2) is 7.13. The Morgan fingerprint density at radius 2 is 1.52 bits per heavy atom. The fourth-order valence-electron chi connectivity index (χ4n) is 2.63. The molecule has 126 valence electrons. The van der Waals surface area contributed by atoms with Crippen LogP contribution >= 0.6 is 0 Å². The Morgan fingerprint density at radius 1 is 0.800 bits per heavy atom. The van der Waals surface area contributed by atoms with Gasteiger partial charge in [0.15, 0.2) is 11.5 Å². The lowest BCUT2D eigenvalue weighted by atomic mass is 10.1. The molecular formula is C20H20N4O. The van der Waals surface area contributed by atoms with E-state index in [2.05, 4.69) is 26.9 Å². The standard InChI is InChI=1S/C20H20N4O/c1-13-5-4-6-16(10-13)21-19-8-7-18(23-24-19)20(25)22-17-11-14(2)9-15(3)12-17/h4-12H,1-3H3,(H,21,24)(H,22,25). The van der Waals surface area contributed by atoms with Crippen molar-refractivity contribution >= 4 is 23.1 Å². The van der Waals surface area contributed by atoms with Crippen LogP contribution in [-0.4, -0.2) is 16.1 Å². The van der Waals surface area contributed by atoms with Crippen LogP contribution in [0.5, 0.6) is 0 Å². The van der Waals surface area contributed by atoms with Crippen LogP contribution in [-0.2, 0) is 0 Å². The zero-order valence-electron chi connectivity index (χ0n) is 14.5. The summed E-state index contributed by atoms with van der Waals surface area (Å²) in [6.45, 7) is 6.01. The summed E-state index contributed by atoms with van der Waals surface area (Å²) in [6, 6.07) is 17.3. The van der Waals surface area contributed by atoms with Gasteiger partial charge in [-0.25, -0.2) is 0 Å². The van der Waals surface area contributed by atoms with E-state index in [9.17, 15) is 4.79 Å². The van der Waals surface area contributed by atoms with Crippen LogP contribution in [0, 0.1) is 20.8 Å². The maximum Gasteiger partial charge on any atom is 0.276 e. The smallest absolute Gasteiger partial charge is 0.276 e. The molecule has 0 fully saturated rings. The number of rotatable bonds is 4. The van der Waals surface area contributed by atoms with Gasteiger partial charge in [-0.2, -0.15) is 0 Å². The first-order valence-electron chi connectivity index (χ1n) is 8.07. The van der Waals surface area contributed by atoms with Crippen molar-refractivity contribution in [1.29, 1.82) is 0 Å². The highest BCUT2D eigenvalue weighted by Crippen LogP contribution is 2.17. The van der Waals surface area contributed by atoms with Crippen molar-refractivity contribution in [2.45, 2.75) is 20.8 Å². The molecule has 0 bridgehead atoms. The molecule has 3 aromatic rings. The second-order valence-corrected chi connectivity index (χ2v) is 6.13. The molecule has 1 amide bonds. The minimum absolute atomic E-state index is 0.272. The molecule has 2 N–H and O–H groups in total. The lowest BCUT2D eigenvalue weighted by Gasteiger charge is -2.08. The highest BCUT2D eigenvalue weighted by Gasteiger charge is 2.09. The van der Waals surface area contributed by atoms with Gasteiger partial charge in [0.05, 0.1) is 0 Å². The number of aryl methyl sites for hydroxylation is 3. The number of carbonyl (C=O) groups excluding carboxylic acids is 1. The fourth-order valence-corrected chi connectivity index (χ4v) is 2.63. The van der Waals surface area contributed by atoms with E-state index >= 15 is 0 Å². The number of aromatic nitrogens is 2. The van der Waals surface area contributed by atoms with E-state index < -0.39 is 0 Å². The van der Waals surface area contributed by atoms with Crippen molar-refractivity contribution in [3.05, 3.63) is 77.0 Å². The molecule has 0 saturated carbocycles. The van der Waals surface area contributed by atoms with E-state index in [0.717, 1.165) is 28.1 Å². The molecule has 0 radical (unpaired) electrons. The first kappa shape index (κ1) is 16.6. The third-order valence-electron chi connectivity index (χ3n) is 3.67. The van der Waals surface area contributed by atoms with Gasteiger partial charge in [-0.3, -0.25) is 4.79 Å². The van der Waals surface area contributed by atoms with Crippen molar-refractivity contribution in [2.24, 2.45) is 0 Å². The van der Waals surface area contributed by atoms with Gasteiger partial charge in [-0.05, 0) is 73.9 Å². The average molecular weight is 332 g/mol. The molecule has 0 saturated heterocycles. The highest BCUT2D eigenvalue weighted by molar-refractivity contribution is 6.02. The van der Waals surface area contributed by atoms with Crippen molar-refractivity contribution in [3.63, 3.8) is 0 Å². The SMILES string of the molecule is Cc1cc(C)cc(NC(=O)c2ccc(Nc3cccc(C)c3)nn2)c1. The van der Waals surface area contributed by atoms with Crippen molar-refractivity contribution in [3.8, 4) is 0 Å². The third-order valence-corrected chi connectivity index (χ3v) is 3.67. The second-order valence-electron chi connectivity index (χ2n) is 6.13. The van der Waals surface area contributed by atoms with Crippen molar-refractivity contribution in [1.82, 2.24) is 10.2 Å². The molecule has 0 atom stereocenters. The van der Waals surface area contributed by atoms with Crippen LogP contribution in [0.4, 0.5) is 17.2 Å². The number of hydrogen-bond acceptors (Lipinski definition) is 4. The van der Waals surface area contributed by atoms with Gasteiger partial charge in [0.1, 0.15) is 0 Å². The lowest BCUT2D eigenvalue weighted by Crippen LogP contribution is -2.14. The summed E-state index contributed by atoms with van der Waals surface area (Å²) in [7, 11) is 0. The number of carbonyl (C=O) groups is 1.